The van der Waals surface area contributed by atoms with Crippen LogP contribution in [0.3, 0.4) is 0 Å². The Morgan fingerprint density at radius 3 is 1.98 bits per heavy atom. The van der Waals surface area contributed by atoms with Gasteiger partial charge in [0.05, 0.1) is 0 Å². The summed E-state index contributed by atoms with van der Waals surface area (Å²) in [7, 11) is 0. The van der Waals surface area contributed by atoms with Gasteiger partial charge in [-0.25, -0.2) is 0 Å². The van der Waals surface area contributed by atoms with Crippen molar-refractivity contribution in [3.8, 4) is 11.1 Å². The molecule has 0 bridgehead atoms. The van der Waals surface area contributed by atoms with Gasteiger partial charge in [-0.15, -0.1) is 0 Å². The Morgan fingerprint density at radius 2 is 1.30 bits per heavy atom. The van der Waals surface area contributed by atoms with Crippen LogP contribution in [0.4, 0.5) is 0 Å². The largest absolute Gasteiger partial charge is 0.0911 e. The van der Waals surface area contributed by atoms with E-state index in [-0.39, 0.29) is 0 Å². The van der Waals surface area contributed by atoms with Gasteiger partial charge in [-0.1, -0.05) is 202 Å². The van der Waals surface area contributed by atoms with Gasteiger partial charge >= 0.3 is 0 Å². The maximum absolute atomic E-state index is 4.55. The third-order valence-corrected chi connectivity index (χ3v) is 11.2. The molecule has 0 unspecified atom stereocenters. The zero-order chi connectivity index (χ0) is 39.7. The summed E-state index contributed by atoms with van der Waals surface area (Å²) >= 11 is 0. The van der Waals surface area contributed by atoms with E-state index in [1.54, 1.807) is 0 Å². The predicted molar refractivity (Wildman–Crippen MR) is 250 cm³/mol. The summed E-state index contributed by atoms with van der Waals surface area (Å²) in [6, 6.07) is 54.2. The van der Waals surface area contributed by atoms with E-state index in [0.717, 1.165) is 40.8 Å². The average molecular weight is 737 g/mol. The van der Waals surface area contributed by atoms with Crippen LogP contribution in [-0.4, -0.2) is 0 Å². The second-order valence-electron chi connectivity index (χ2n) is 15.0. The van der Waals surface area contributed by atoms with Gasteiger partial charge in [-0.2, -0.15) is 0 Å². The van der Waals surface area contributed by atoms with Crippen LogP contribution in [0.25, 0.3) is 57.3 Å². The third kappa shape index (κ3) is 8.82. The maximum atomic E-state index is 4.55. The molecule has 7 aromatic carbocycles. The van der Waals surface area contributed by atoms with Crippen LogP contribution in [0.5, 0.6) is 0 Å². The quantitative estimate of drug-likeness (QED) is 0.110. The van der Waals surface area contributed by atoms with Crippen LogP contribution in [0.2, 0.25) is 0 Å². The Labute approximate surface area is 339 Å². The molecule has 0 aliphatic rings. The van der Waals surface area contributed by atoms with Gasteiger partial charge in [0.25, 0.3) is 0 Å². The van der Waals surface area contributed by atoms with Crippen LogP contribution >= 0.6 is 0 Å². The number of fused-ring (bicyclic) bond motifs is 1. The van der Waals surface area contributed by atoms with E-state index in [2.05, 4.69) is 223 Å². The Morgan fingerprint density at radius 1 is 0.649 bits per heavy atom. The van der Waals surface area contributed by atoms with Crippen LogP contribution in [-0.2, 0) is 12.8 Å². The molecular weight excluding hydrogens is 685 g/mol. The smallest absolute Gasteiger partial charge is 0.00759 e. The standard InChI is InChI=1S/C57H52/c1-7-18-54-42(4)48(35-38-55(54)56(51-24-15-10-16-25-51)39-41(3)46-20-11-8-12-21-46)26-17-19-45-28-31-47(32-29-45)40(2)27-30-49-33-34-52-36-37-53(44(6)57(52)43(49)5)50-22-13-9-14-23-50/h8-17,20-39H,3,5,7,18-19H2,1-2,4,6H3/b26-17-,40-27+,49-30-,56-39-. The molecule has 57 heavy (non-hydrogen) atoms. The number of allylic oxidation sites excluding steroid dienone is 5. The van der Waals surface area contributed by atoms with Crippen LogP contribution in [0.15, 0.2) is 176 Å². The van der Waals surface area contributed by atoms with Crippen molar-refractivity contribution in [2.24, 2.45) is 0 Å². The van der Waals surface area contributed by atoms with Crippen LogP contribution < -0.4 is 10.4 Å². The summed E-state index contributed by atoms with van der Waals surface area (Å²) in [5.41, 5.74) is 17.4. The molecule has 0 atom stereocenters. The molecule has 0 heteroatoms. The summed E-state index contributed by atoms with van der Waals surface area (Å²) in [5.74, 6) is 0. The van der Waals surface area contributed by atoms with Crippen molar-refractivity contribution in [2.75, 3.05) is 0 Å². The molecule has 0 aliphatic carbocycles. The fourth-order valence-electron chi connectivity index (χ4n) is 7.94. The lowest BCUT2D eigenvalue weighted by Gasteiger charge is -2.18. The maximum Gasteiger partial charge on any atom is -0.00759 e. The number of hydrogen-bond donors (Lipinski definition) is 0. The Balaban J connectivity index is 1.10. The number of rotatable bonds is 12. The first-order valence-electron chi connectivity index (χ1n) is 20.2. The lowest BCUT2D eigenvalue weighted by atomic mass is 9.86. The van der Waals surface area contributed by atoms with E-state index >= 15 is 0 Å². The minimum Gasteiger partial charge on any atom is -0.0911 e. The fraction of sp³-hybridized carbons (Fsp3) is 0.123. The molecule has 0 saturated heterocycles. The van der Waals surface area contributed by atoms with E-state index in [9.17, 15) is 0 Å². The second kappa shape index (κ2) is 18.0. The van der Waals surface area contributed by atoms with Gasteiger partial charge in [0.1, 0.15) is 0 Å². The molecule has 280 valence electrons. The number of benzene rings is 7. The minimum atomic E-state index is 0.873. The number of aryl methyl sites for hydroxylation is 1. The fourth-order valence-corrected chi connectivity index (χ4v) is 7.94. The minimum absolute atomic E-state index is 0.873. The highest BCUT2D eigenvalue weighted by molar-refractivity contribution is 5.93. The second-order valence-corrected chi connectivity index (χ2v) is 15.0. The monoisotopic (exact) mass is 736 g/mol. The van der Waals surface area contributed by atoms with Gasteiger partial charge in [0.2, 0.25) is 0 Å². The Bertz CT molecular complexity index is 2720. The topological polar surface area (TPSA) is 0 Å². The Kier molecular flexibility index (Phi) is 12.2. The van der Waals surface area contributed by atoms with Crippen LogP contribution in [0.1, 0.15) is 70.3 Å². The molecule has 7 rings (SSSR count). The zero-order valence-corrected chi connectivity index (χ0v) is 33.9. The third-order valence-electron chi connectivity index (χ3n) is 11.2. The summed E-state index contributed by atoms with van der Waals surface area (Å²) in [4.78, 5) is 0. The molecule has 0 aromatic heterocycles. The molecule has 0 spiro atoms. The van der Waals surface area contributed by atoms with Gasteiger partial charge in [-0.3, -0.25) is 0 Å². The first kappa shape index (κ1) is 38.8. The van der Waals surface area contributed by atoms with Crippen molar-refractivity contribution >= 4 is 46.2 Å². The van der Waals surface area contributed by atoms with Gasteiger partial charge in [0, 0.05) is 0 Å². The lowest BCUT2D eigenvalue weighted by molar-refractivity contribution is 0.908. The molecule has 0 heterocycles. The first-order chi connectivity index (χ1) is 27.8. The molecule has 0 fully saturated rings. The molecular formula is C57H52. The van der Waals surface area contributed by atoms with Crippen molar-refractivity contribution in [2.45, 2.75) is 47.0 Å². The molecule has 0 radical (unpaired) electrons. The average Bonchev–Trinajstić information content (AvgIpc) is 3.25. The van der Waals surface area contributed by atoms with Crippen molar-refractivity contribution in [3.05, 3.63) is 237 Å². The zero-order valence-electron chi connectivity index (χ0n) is 33.9. The summed E-state index contributed by atoms with van der Waals surface area (Å²) < 4.78 is 0. The van der Waals surface area contributed by atoms with E-state index in [0.29, 0.717) is 0 Å². The SMILES string of the molecule is C=C(/C=C(/c1ccccc1)c1ccc(/C=C\Cc2ccc(/C(C)=C/C=c3/ccc4ccc(-c5ccccc5)c(C)c4c3=C)cc2)c(C)c1CCC)c1ccccc1. The lowest BCUT2D eigenvalue weighted by Crippen LogP contribution is -2.24. The molecule has 0 amide bonds. The van der Waals surface area contributed by atoms with E-state index in [1.165, 1.54) is 77.6 Å². The highest BCUT2D eigenvalue weighted by Crippen LogP contribution is 2.34. The van der Waals surface area contributed by atoms with Crippen molar-refractivity contribution in [1.29, 1.82) is 0 Å². The summed E-state index contributed by atoms with van der Waals surface area (Å²) in [6.07, 6.45) is 14.3. The van der Waals surface area contributed by atoms with Crippen molar-refractivity contribution in [1.82, 2.24) is 0 Å². The van der Waals surface area contributed by atoms with Gasteiger partial charge < -0.3 is 0 Å². The summed E-state index contributed by atoms with van der Waals surface area (Å²) in [5, 5.41) is 4.68. The van der Waals surface area contributed by atoms with Crippen LogP contribution in [0, 0.1) is 13.8 Å². The van der Waals surface area contributed by atoms with Crippen molar-refractivity contribution in [3.63, 3.8) is 0 Å². The van der Waals surface area contributed by atoms with E-state index in [1.807, 2.05) is 0 Å². The molecule has 0 nitrogen and oxygen atoms in total. The van der Waals surface area contributed by atoms with Gasteiger partial charge in [-0.05, 0) is 139 Å². The molecule has 0 saturated carbocycles. The Hall–Kier alpha value is -6.50. The van der Waals surface area contributed by atoms with E-state index in [4.69, 9.17) is 0 Å². The van der Waals surface area contributed by atoms with Gasteiger partial charge in [0.15, 0.2) is 0 Å². The molecule has 0 aliphatic heterocycles. The summed E-state index contributed by atoms with van der Waals surface area (Å²) in [6.45, 7) is 18.0. The first-order valence-corrected chi connectivity index (χ1v) is 20.2. The highest BCUT2D eigenvalue weighted by atomic mass is 14.2. The van der Waals surface area contributed by atoms with Crippen molar-refractivity contribution < 1.29 is 0 Å². The molecule has 7 aromatic rings. The molecule has 0 N–H and O–H groups in total. The predicted octanol–water partition coefficient (Wildman–Crippen LogP) is 13.8. The normalized spacial score (nSPS) is 12.5. The van der Waals surface area contributed by atoms with E-state index < -0.39 is 0 Å². The number of hydrogen-bond acceptors (Lipinski definition) is 0. The highest BCUT2D eigenvalue weighted by Gasteiger charge is 2.15.